The molecular weight excluding hydrogens is 330 g/mol. The summed E-state index contributed by atoms with van der Waals surface area (Å²) in [6.07, 6.45) is 17.2. The van der Waals surface area contributed by atoms with Crippen LogP contribution in [0.1, 0.15) is 96.3 Å². The monoisotopic (exact) mass is 369 g/mol. The molecule has 0 bridgehead atoms. The van der Waals surface area contributed by atoms with Gasteiger partial charge in [0.05, 0.1) is 6.61 Å². The third-order valence-electron chi connectivity index (χ3n) is 4.45. The summed E-state index contributed by atoms with van der Waals surface area (Å²) in [5.41, 5.74) is 12.2. The average Bonchev–Trinajstić information content (AvgIpc) is 2.63. The Morgan fingerprint density at radius 3 is 1.65 bits per heavy atom. The molecule has 0 aliphatic rings. The van der Waals surface area contributed by atoms with Gasteiger partial charge in [-0.2, -0.15) is 5.53 Å². The molecular formula is C19H39N5O2. The number of amidine groups is 1. The number of aliphatic hydroxyl groups excluding tert-OH is 1. The summed E-state index contributed by atoms with van der Waals surface area (Å²) in [6, 6.07) is 0. The fraction of sp³-hybridized carbons (Fsp3) is 0.895. The van der Waals surface area contributed by atoms with Crippen LogP contribution in [0.15, 0.2) is 10.3 Å². The van der Waals surface area contributed by atoms with E-state index in [0.29, 0.717) is 18.8 Å². The van der Waals surface area contributed by atoms with Gasteiger partial charge in [0.15, 0.2) is 0 Å². The van der Waals surface area contributed by atoms with Crippen LogP contribution in [0.5, 0.6) is 0 Å². The minimum Gasteiger partial charge on any atom is -0.395 e. The summed E-state index contributed by atoms with van der Waals surface area (Å²) < 4.78 is 0. The predicted molar refractivity (Wildman–Crippen MR) is 106 cm³/mol. The van der Waals surface area contributed by atoms with E-state index < -0.39 is 0 Å². The number of hydrogen-bond acceptors (Lipinski definition) is 4. The van der Waals surface area contributed by atoms with Crippen molar-refractivity contribution in [2.75, 3.05) is 13.2 Å². The van der Waals surface area contributed by atoms with Crippen molar-refractivity contribution in [1.82, 2.24) is 5.32 Å². The first-order valence-electron chi connectivity index (χ1n) is 10.3. The van der Waals surface area contributed by atoms with Crippen molar-refractivity contribution in [3.63, 3.8) is 0 Å². The summed E-state index contributed by atoms with van der Waals surface area (Å²) in [5.74, 6) is 0.518. The molecule has 0 unspecified atom stereocenters. The summed E-state index contributed by atoms with van der Waals surface area (Å²) in [4.78, 5) is 11.3. The molecule has 0 aromatic carbocycles. The Balaban J connectivity index is 3.14. The molecule has 0 saturated heterocycles. The van der Waals surface area contributed by atoms with E-state index in [4.69, 9.17) is 16.4 Å². The van der Waals surface area contributed by atoms with E-state index >= 15 is 0 Å². The average molecular weight is 370 g/mol. The van der Waals surface area contributed by atoms with Gasteiger partial charge in [-0.15, -0.1) is 5.10 Å². The molecule has 0 rings (SSSR count). The Morgan fingerprint density at radius 1 is 0.808 bits per heavy atom. The van der Waals surface area contributed by atoms with Crippen molar-refractivity contribution in [2.45, 2.75) is 96.3 Å². The molecule has 152 valence electrons. The fourth-order valence-electron chi connectivity index (χ4n) is 2.93. The molecule has 26 heavy (non-hydrogen) atoms. The normalized spacial score (nSPS) is 11.5. The molecule has 7 heteroatoms. The predicted octanol–water partition coefficient (Wildman–Crippen LogP) is 4.25. The van der Waals surface area contributed by atoms with Crippen molar-refractivity contribution in [3.8, 4) is 0 Å². The van der Waals surface area contributed by atoms with Gasteiger partial charge in [-0.1, -0.05) is 75.9 Å². The summed E-state index contributed by atoms with van der Waals surface area (Å²) in [5, 5.41) is 17.7. The van der Waals surface area contributed by atoms with Crippen LogP contribution in [0.2, 0.25) is 0 Å². The van der Waals surface area contributed by atoms with Gasteiger partial charge in [-0.25, -0.2) is 0 Å². The highest BCUT2D eigenvalue weighted by molar-refractivity contribution is 5.79. The third kappa shape index (κ3) is 18.8. The second-order valence-corrected chi connectivity index (χ2v) is 6.86. The van der Waals surface area contributed by atoms with Crippen LogP contribution in [-0.4, -0.2) is 30.0 Å². The topological polar surface area (TPSA) is 124 Å². The number of nitrogens with one attached hydrogen (secondary N) is 2. The van der Waals surface area contributed by atoms with Crippen LogP contribution in [0.3, 0.4) is 0 Å². The second kappa shape index (κ2) is 19.8. The Labute approximate surface area is 158 Å². The van der Waals surface area contributed by atoms with E-state index in [1.54, 1.807) is 0 Å². The van der Waals surface area contributed by atoms with Crippen LogP contribution in [0.25, 0.3) is 0 Å². The van der Waals surface area contributed by atoms with E-state index in [0.717, 1.165) is 25.7 Å². The van der Waals surface area contributed by atoms with Gasteiger partial charge in [0, 0.05) is 19.4 Å². The van der Waals surface area contributed by atoms with Gasteiger partial charge in [-0.3, -0.25) is 4.79 Å². The molecule has 5 N–H and O–H groups in total. The number of nitrogens with two attached hydrogens (primary N) is 1. The zero-order valence-electron chi connectivity index (χ0n) is 16.3. The molecule has 0 aromatic rings. The first-order valence-corrected chi connectivity index (χ1v) is 10.3. The second-order valence-electron chi connectivity index (χ2n) is 6.86. The SMILES string of the molecule is N=N/N=C(\N)CCCCCCCCCCCCCCCC(=O)NCCO. The Kier molecular flexibility index (Phi) is 18.7. The van der Waals surface area contributed by atoms with E-state index in [-0.39, 0.29) is 12.5 Å². The van der Waals surface area contributed by atoms with Crippen LogP contribution in [0, 0.1) is 5.53 Å². The standard InChI is InChI=1S/C19H39N5O2/c20-18(23-24-21)14-12-10-8-6-4-2-1-3-5-7-9-11-13-15-19(26)22-16-17-25/h25H,1-17H2,(H,22,26)(H3,20,21,23). The number of carbonyl (C=O) groups is 1. The molecule has 7 nitrogen and oxygen atoms in total. The third-order valence-corrected chi connectivity index (χ3v) is 4.45. The van der Waals surface area contributed by atoms with E-state index in [2.05, 4.69) is 15.6 Å². The lowest BCUT2D eigenvalue weighted by atomic mass is 10.0. The van der Waals surface area contributed by atoms with Gasteiger partial charge in [0.2, 0.25) is 5.91 Å². The number of rotatable bonds is 19. The highest BCUT2D eigenvalue weighted by Crippen LogP contribution is 2.13. The largest absolute Gasteiger partial charge is 0.395 e. The molecule has 0 atom stereocenters. The summed E-state index contributed by atoms with van der Waals surface area (Å²) in [6.45, 7) is 0.381. The minimum absolute atomic E-state index is 0.0143. The zero-order chi connectivity index (χ0) is 19.3. The number of hydrogen-bond donors (Lipinski definition) is 4. The maximum absolute atomic E-state index is 11.3. The lowest BCUT2D eigenvalue weighted by molar-refractivity contribution is -0.121. The lowest BCUT2D eigenvalue weighted by Crippen LogP contribution is -2.25. The first kappa shape index (κ1) is 24.5. The van der Waals surface area contributed by atoms with Crippen LogP contribution >= 0.6 is 0 Å². The van der Waals surface area contributed by atoms with Gasteiger partial charge in [-0.05, 0) is 12.8 Å². The molecule has 0 aliphatic heterocycles. The molecule has 0 spiro atoms. The van der Waals surface area contributed by atoms with Crippen molar-refractivity contribution >= 4 is 11.7 Å². The molecule has 0 fully saturated rings. The fourth-order valence-corrected chi connectivity index (χ4v) is 2.93. The summed E-state index contributed by atoms with van der Waals surface area (Å²) >= 11 is 0. The number of nitrogens with zero attached hydrogens (tertiary/aromatic N) is 2. The number of carbonyl (C=O) groups excluding carboxylic acids is 1. The minimum atomic E-state index is 0.0143. The maximum Gasteiger partial charge on any atom is 0.220 e. The highest BCUT2D eigenvalue weighted by Gasteiger charge is 2.00. The van der Waals surface area contributed by atoms with E-state index in [1.165, 1.54) is 64.2 Å². The highest BCUT2D eigenvalue weighted by atomic mass is 16.3. The van der Waals surface area contributed by atoms with Crippen molar-refractivity contribution in [1.29, 1.82) is 5.53 Å². The Morgan fingerprint density at radius 2 is 1.23 bits per heavy atom. The summed E-state index contributed by atoms with van der Waals surface area (Å²) in [7, 11) is 0. The molecule has 0 aliphatic carbocycles. The number of amides is 1. The van der Waals surface area contributed by atoms with E-state index in [1.807, 2.05) is 0 Å². The number of unbranched alkanes of at least 4 members (excludes halogenated alkanes) is 12. The molecule has 1 amide bonds. The quantitative estimate of drug-likeness (QED) is 0.0894. The molecule has 0 aromatic heterocycles. The molecule has 0 radical (unpaired) electrons. The van der Waals surface area contributed by atoms with Crippen LogP contribution < -0.4 is 11.1 Å². The smallest absolute Gasteiger partial charge is 0.220 e. The first-order chi connectivity index (χ1) is 12.7. The maximum atomic E-state index is 11.3. The number of aliphatic hydroxyl groups is 1. The van der Waals surface area contributed by atoms with Crippen LogP contribution in [0.4, 0.5) is 0 Å². The van der Waals surface area contributed by atoms with Crippen LogP contribution in [-0.2, 0) is 4.79 Å². The lowest BCUT2D eigenvalue weighted by Gasteiger charge is -2.04. The van der Waals surface area contributed by atoms with Gasteiger partial charge in [0.1, 0.15) is 5.84 Å². The molecule has 0 heterocycles. The van der Waals surface area contributed by atoms with Gasteiger partial charge in [0.25, 0.3) is 0 Å². The van der Waals surface area contributed by atoms with Crippen molar-refractivity contribution < 1.29 is 9.90 Å². The Bertz CT molecular complexity index is 375. The van der Waals surface area contributed by atoms with Crippen molar-refractivity contribution in [2.24, 2.45) is 16.1 Å². The Hall–Kier alpha value is -1.50. The zero-order valence-corrected chi connectivity index (χ0v) is 16.3. The van der Waals surface area contributed by atoms with Gasteiger partial charge < -0.3 is 16.2 Å². The van der Waals surface area contributed by atoms with Gasteiger partial charge >= 0.3 is 0 Å². The van der Waals surface area contributed by atoms with E-state index in [9.17, 15) is 4.79 Å². The van der Waals surface area contributed by atoms with Crippen molar-refractivity contribution in [3.05, 3.63) is 0 Å². The molecule has 0 saturated carbocycles.